The third kappa shape index (κ3) is 2.87. The van der Waals surface area contributed by atoms with E-state index in [1.54, 1.807) is 18.2 Å². The minimum Gasteiger partial charge on any atom is -0.495 e. The summed E-state index contributed by atoms with van der Waals surface area (Å²) in [6.45, 7) is 0.239. The van der Waals surface area contributed by atoms with Gasteiger partial charge in [-0.15, -0.1) is 0 Å². The highest BCUT2D eigenvalue weighted by atomic mass is 35.5. The van der Waals surface area contributed by atoms with Crippen molar-refractivity contribution in [3.05, 3.63) is 28.8 Å². The first-order valence-corrected chi connectivity index (χ1v) is 5.22. The van der Waals surface area contributed by atoms with Crippen molar-refractivity contribution >= 4 is 17.6 Å². The van der Waals surface area contributed by atoms with Crippen molar-refractivity contribution in [3.63, 3.8) is 0 Å². The van der Waals surface area contributed by atoms with Crippen LogP contribution >= 0.6 is 11.6 Å². The zero-order valence-electron chi connectivity index (χ0n) is 8.94. The maximum absolute atomic E-state index is 10.7. The fourth-order valence-electron chi connectivity index (χ4n) is 1.59. The second kappa shape index (κ2) is 5.72. The molecule has 0 amide bonds. The van der Waals surface area contributed by atoms with Gasteiger partial charge in [-0.1, -0.05) is 23.7 Å². The van der Waals surface area contributed by atoms with Gasteiger partial charge in [0.25, 0.3) is 0 Å². The first-order chi connectivity index (χ1) is 7.60. The summed E-state index contributed by atoms with van der Waals surface area (Å²) in [5, 5.41) is 9.24. The molecule has 88 valence electrons. The number of halogens is 1. The Morgan fingerprint density at radius 3 is 2.81 bits per heavy atom. The molecule has 0 spiro atoms. The Kier molecular flexibility index (Phi) is 4.58. The number of hydrogen-bond acceptors (Lipinski definition) is 3. The van der Waals surface area contributed by atoms with Gasteiger partial charge in [0.2, 0.25) is 0 Å². The van der Waals surface area contributed by atoms with E-state index in [2.05, 4.69) is 0 Å². The second-order valence-electron chi connectivity index (χ2n) is 3.39. The number of carbonyl (C=O) groups is 1. The summed E-state index contributed by atoms with van der Waals surface area (Å²) in [7, 11) is 1.50. The van der Waals surface area contributed by atoms with E-state index in [4.69, 9.17) is 27.2 Å². The molecule has 5 heteroatoms. The van der Waals surface area contributed by atoms with Crippen molar-refractivity contribution in [3.8, 4) is 5.75 Å². The second-order valence-corrected chi connectivity index (χ2v) is 3.80. The average molecular weight is 244 g/mol. The molecule has 1 rings (SSSR count). The number of carboxylic acids is 1. The van der Waals surface area contributed by atoms with E-state index in [1.165, 1.54) is 7.11 Å². The van der Waals surface area contributed by atoms with Crippen molar-refractivity contribution in [2.75, 3.05) is 13.7 Å². The summed E-state index contributed by atoms with van der Waals surface area (Å²) in [5.41, 5.74) is 6.30. The SMILES string of the molecule is COc1c(Cl)cccc1C(CN)CC(=O)O. The van der Waals surface area contributed by atoms with Crippen LogP contribution in [0.25, 0.3) is 0 Å². The predicted molar refractivity (Wildman–Crippen MR) is 62.1 cm³/mol. The molecule has 1 unspecified atom stereocenters. The maximum atomic E-state index is 10.7. The summed E-state index contributed by atoms with van der Waals surface area (Å²) in [6, 6.07) is 5.23. The summed E-state index contributed by atoms with van der Waals surface area (Å²) in [4.78, 5) is 10.7. The van der Waals surface area contributed by atoms with E-state index in [9.17, 15) is 4.79 Å². The molecule has 16 heavy (non-hydrogen) atoms. The number of rotatable bonds is 5. The molecular formula is C11H14ClNO3. The fourth-order valence-corrected chi connectivity index (χ4v) is 1.85. The Hall–Kier alpha value is -1.26. The lowest BCUT2D eigenvalue weighted by Crippen LogP contribution is -2.17. The third-order valence-electron chi connectivity index (χ3n) is 2.35. The van der Waals surface area contributed by atoms with E-state index in [-0.39, 0.29) is 18.9 Å². The molecule has 0 fully saturated rings. The van der Waals surface area contributed by atoms with Crippen molar-refractivity contribution in [1.29, 1.82) is 0 Å². The van der Waals surface area contributed by atoms with Gasteiger partial charge in [0, 0.05) is 11.5 Å². The molecule has 0 bridgehead atoms. The largest absolute Gasteiger partial charge is 0.495 e. The summed E-state index contributed by atoms with van der Waals surface area (Å²) in [5.74, 6) is -0.676. The summed E-state index contributed by atoms with van der Waals surface area (Å²) in [6.07, 6.45) is -0.0345. The van der Waals surface area contributed by atoms with Crippen LogP contribution in [0.15, 0.2) is 18.2 Å². The third-order valence-corrected chi connectivity index (χ3v) is 2.64. The molecule has 0 heterocycles. The van der Waals surface area contributed by atoms with Gasteiger partial charge < -0.3 is 15.6 Å². The van der Waals surface area contributed by atoms with Crippen LogP contribution in [0.5, 0.6) is 5.75 Å². The van der Waals surface area contributed by atoms with E-state index in [0.717, 1.165) is 5.56 Å². The molecule has 4 nitrogen and oxygen atoms in total. The molecule has 0 aliphatic rings. The average Bonchev–Trinajstić information content (AvgIpc) is 2.25. The van der Waals surface area contributed by atoms with E-state index >= 15 is 0 Å². The molecule has 0 saturated carbocycles. The monoisotopic (exact) mass is 243 g/mol. The molecule has 1 aromatic carbocycles. The Balaban J connectivity index is 3.08. The molecule has 0 aromatic heterocycles. The number of carboxylic acid groups (broad SMARTS) is 1. The van der Waals surface area contributed by atoms with Crippen LogP contribution in [0.2, 0.25) is 5.02 Å². The zero-order valence-corrected chi connectivity index (χ0v) is 9.70. The van der Waals surface area contributed by atoms with Gasteiger partial charge in [-0.05, 0) is 12.6 Å². The fraction of sp³-hybridized carbons (Fsp3) is 0.364. The minimum atomic E-state index is -0.891. The van der Waals surface area contributed by atoms with Crippen LogP contribution in [0.1, 0.15) is 17.9 Å². The van der Waals surface area contributed by atoms with Crippen LogP contribution in [-0.4, -0.2) is 24.7 Å². The standard InChI is InChI=1S/C11H14ClNO3/c1-16-11-8(3-2-4-9(11)12)7(6-13)5-10(14)15/h2-4,7H,5-6,13H2,1H3,(H,14,15). The van der Waals surface area contributed by atoms with E-state index in [1.807, 2.05) is 0 Å². The quantitative estimate of drug-likeness (QED) is 0.828. The maximum Gasteiger partial charge on any atom is 0.304 e. The lowest BCUT2D eigenvalue weighted by atomic mass is 9.95. The highest BCUT2D eigenvalue weighted by Gasteiger charge is 2.19. The summed E-state index contributed by atoms with van der Waals surface area (Å²) < 4.78 is 5.16. The first-order valence-electron chi connectivity index (χ1n) is 4.84. The highest BCUT2D eigenvalue weighted by molar-refractivity contribution is 6.32. The van der Waals surface area contributed by atoms with Crippen LogP contribution < -0.4 is 10.5 Å². The van der Waals surface area contributed by atoms with Crippen LogP contribution in [-0.2, 0) is 4.79 Å². The smallest absolute Gasteiger partial charge is 0.304 e. The minimum absolute atomic E-state index is 0.0345. The predicted octanol–water partition coefficient (Wildman–Crippen LogP) is 1.87. The number of nitrogens with two attached hydrogens (primary N) is 1. The molecule has 0 aliphatic heterocycles. The van der Waals surface area contributed by atoms with Gasteiger partial charge in [-0.25, -0.2) is 0 Å². The van der Waals surface area contributed by atoms with Gasteiger partial charge in [0.15, 0.2) is 0 Å². The normalized spacial score (nSPS) is 12.2. The van der Waals surface area contributed by atoms with Crippen molar-refractivity contribution < 1.29 is 14.6 Å². The van der Waals surface area contributed by atoms with Gasteiger partial charge in [-0.3, -0.25) is 4.79 Å². The topological polar surface area (TPSA) is 72.5 Å². The van der Waals surface area contributed by atoms with E-state index < -0.39 is 5.97 Å². The molecule has 0 radical (unpaired) electrons. The summed E-state index contributed by atoms with van der Waals surface area (Å²) >= 11 is 5.95. The Bertz CT molecular complexity index is 381. The number of ether oxygens (including phenoxy) is 1. The van der Waals surface area contributed by atoms with Crippen molar-refractivity contribution in [1.82, 2.24) is 0 Å². The van der Waals surface area contributed by atoms with Gasteiger partial charge >= 0.3 is 5.97 Å². The van der Waals surface area contributed by atoms with Crippen LogP contribution in [0.3, 0.4) is 0 Å². The van der Waals surface area contributed by atoms with Gasteiger partial charge in [0.1, 0.15) is 5.75 Å². The Labute approximate surface area is 99.0 Å². The zero-order chi connectivity index (χ0) is 12.1. The van der Waals surface area contributed by atoms with Crippen molar-refractivity contribution in [2.24, 2.45) is 5.73 Å². The lowest BCUT2D eigenvalue weighted by molar-refractivity contribution is -0.137. The molecule has 1 atom stereocenters. The molecule has 1 aromatic rings. The van der Waals surface area contributed by atoms with Gasteiger partial charge in [0.05, 0.1) is 18.6 Å². The van der Waals surface area contributed by atoms with Crippen molar-refractivity contribution in [2.45, 2.75) is 12.3 Å². The number of para-hydroxylation sites is 1. The number of benzene rings is 1. The van der Waals surface area contributed by atoms with Crippen LogP contribution in [0, 0.1) is 0 Å². The Morgan fingerprint density at radius 1 is 1.62 bits per heavy atom. The Morgan fingerprint density at radius 2 is 2.31 bits per heavy atom. The van der Waals surface area contributed by atoms with Gasteiger partial charge in [-0.2, -0.15) is 0 Å². The number of aliphatic carboxylic acids is 1. The molecule has 0 saturated heterocycles. The lowest BCUT2D eigenvalue weighted by Gasteiger charge is -2.17. The number of methoxy groups -OCH3 is 1. The molecule has 0 aliphatic carbocycles. The highest BCUT2D eigenvalue weighted by Crippen LogP contribution is 2.34. The van der Waals surface area contributed by atoms with E-state index in [0.29, 0.717) is 10.8 Å². The number of hydrogen-bond donors (Lipinski definition) is 2. The van der Waals surface area contributed by atoms with Crippen LogP contribution in [0.4, 0.5) is 0 Å². The first kappa shape index (κ1) is 12.8. The molecular weight excluding hydrogens is 230 g/mol. The molecule has 3 N–H and O–H groups in total.